The summed E-state index contributed by atoms with van der Waals surface area (Å²) in [6, 6.07) is 9.58. The van der Waals surface area contributed by atoms with Gasteiger partial charge in [0.05, 0.1) is 10.2 Å². The lowest BCUT2D eigenvalue weighted by Gasteiger charge is -2.13. The van der Waals surface area contributed by atoms with Crippen molar-refractivity contribution in [3.05, 3.63) is 58.9 Å². The maximum Gasteiger partial charge on any atom is 0.271 e. The molecule has 0 spiro atoms. The molecule has 0 aliphatic carbocycles. The molecule has 1 atom stereocenters. The Morgan fingerprint density at radius 1 is 1.28 bits per heavy atom. The van der Waals surface area contributed by atoms with E-state index in [9.17, 15) is 14.9 Å². The molecule has 0 aliphatic heterocycles. The van der Waals surface area contributed by atoms with Gasteiger partial charge in [0, 0.05) is 42.3 Å². The lowest BCUT2D eigenvalue weighted by atomic mass is 10.2. The minimum atomic E-state index is -0.498. The molecule has 3 rings (SSSR count). The lowest BCUT2D eigenvalue weighted by Crippen LogP contribution is -2.23. The number of amides is 1. The van der Waals surface area contributed by atoms with Crippen molar-refractivity contribution in [3.8, 4) is 11.4 Å². The quantitative estimate of drug-likeness (QED) is 0.340. The molecular formula is C19H20N6O3S. The van der Waals surface area contributed by atoms with Gasteiger partial charge in [-0.05, 0) is 31.5 Å². The van der Waals surface area contributed by atoms with Gasteiger partial charge in [-0.25, -0.2) is 0 Å². The standard InChI is InChI=1S/C19H20N6O3S/c1-3-11-24-17(14-7-9-20-10-8-14)22-23-19(24)29-13(2)18(26)21-15-5-4-6-16(12-15)25(27)28/h4-10,12-13H,3,11H2,1-2H3,(H,21,26). The topological polar surface area (TPSA) is 116 Å². The fraction of sp³-hybridized carbons (Fsp3) is 0.263. The first-order valence-corrected chi connectivity index (χ1v) is 9.93. The van der Waals surface area contributed by atoms with Crippen molar-refractivity contribution < 1.29 is 9.72 Å². The van der Waals surface area contributed by atoms with Crippen LogP contribution < -0.4 is 5.32 Å². The predicted octanol–water partition coefficient (Wildman–Crippen LogP) is 3.78. The first-order chi connectivity index (χ1) is 14.0. The third-order valence-corrected chi connectivity index (χ3v) is 5.16. The van der Waals surface area contributed by atoms with Crippen LogP contribution in [-0.4, -0.2) is 35.8 Å². The van der Waals surface area contributed by atoms with Crippen molar-refractivity contribution in [1.82, 2.24) is 19.7 Å². The van der Waals surface area contributed by atoms with Crippen LogP contribution in [0.1, 0.15) is 20.3 Å². The second kappa shape index (κ2) is 9.28. The summed E-state index contributed by atoms with van der Waals surface area (Å²) in [6.45, 7) is 4.53. The van der Waals surface area contributed by atoms with E-state index in [4.69, 9.17) is 0 Å². The molecule has 150 valence electrons. The van der Waals surface area contributed by atoms with Crippen LogP contribution in [0.5, 0.6) is 0 Å². The number of benzene rings is 1. The van der Waals surface area contributed by atoms with Gasteiger partial charge in [-0.3, -0.25) is 19.9 Å². The number of hydrogen-bond acceptors (Lipinski definition) is 7. The van der Waals surface area contributed by atoms with Gasteiger partial charge in [-0.15, -0.1) is 10.2 Å². The number of rotatable bonds is 8. The van der Waals surface area contributed by atoms with E-state index in [-0.39, 0.29) is 11.6 Å². The molecule has 3 aromatic rings. The number of nitro groups is 1. The highest BCUT2D eigenvalue weighted by Gasteiger charge is 2.21. The molecule has 2 heterocycles. The van der Waals surface area contributed by atoms with Gasteiger partial charge in [0.2, 0.25) is 5.91 Å². The van der Waals surface area contributed by atoms with Crippen molar-refractivity contribution in [2.75, 3.05) is 5.32 Å². The van der Waals surface area contributed by atoms with Crippen LogP contribution in [0, 0.1) is 10.1 Å². The summed E-state index contributed by atoms with van der Waals surface area (Å²) in [5, 5.41) is 22.3. The summed E-state index contributed by atoms with van der Waals surface area (Å²) in [5.41, 5.74) is 1.21. The van der Waals surface area contributed by atoms with Gasteiger partial charge in [0.15, 0.2) is 11.0 Å². The van der Waals surface area contributed by atoms with Crippen molar-refractivity contribution in [2.24, 2.45) is 0 Å². The number of nitrogens with zero attached hydrogens (tertiary/aromatic N) is 5. The van der Waals surface area contributed by atoms with Crippen LogP contribution in [0.15, 0.2) is 53.9 Å². The van der Waals surface area contributed by atoms with Crippen LogP contribution >= 0.6 is 11.8 Å². The summed E-state index contributed by atoms with van der Waals surface area (Å²) in [6.07, 6.45) is 4.28. The van der Waals surface area contributed by atoms with Gasteiger partial charge >= 0.3 is 0 Å². The summed E-state index contributed by atoms with van der Waals surface area (Å²) < 4.78 is 1.98. The molecular weight excluding hydrogens is 392 g/mol. The zero-order chi connectivity index (χ0) is 20.8. The van der Waals surface area contributed by atoms with Crippen molar-refractivity contribution in [3.63, 3.8) is 0 Å². The van der Waals surface area contributed by atoms with Gasteiger partial charge < -0.3 is 9.88 Å². The summed E-state index contributed by atoms with van der Waals surface area (Å²) >= 11 is 1.29. The number of pyridine rings is 1. The zero-order valence-corrected chi connectivity index (χ0v) is 16.8. The second-order valence-corrected chi connectivity index (χ2v) is 7.56. The number of thioether (sulfide) groups is 1. The maximum atomic E-state index is 12.6. The Bertz CT molecular complexity index is 1010. The monoisotopic (exact) mass is 412 g/mol. The Kier molecular flexibility index (Phi) is 6.55. The van der Waals surface area contributed by atoms with Crippen molar-refractivity contribution in [2.45, 2.75) is 37.2 Å². The summed E-state index contributed by atoms with van der Waals surface area (Å²) in [7, 11) is 0. The highest BCUT2D eigenvalue weighted by Crippen LogP contribution is 2.28. The first-order valence-electron chi connectivity index (χ1n) is 9.05. The van der Waals surface area contributed by atoms with Gasteiger partial charge in [-0.1, -0.05) is 24.8 Å². The Hall–Kier alpha value is -3.27. The number of nitro benzene ring substituents is 1. The van der Waals surface area contributed by atoms with Crippen molar-refractivity contribution in [1.29, 1.82) is 0 Å². The van der Waals surface area contributed by atoms with Crippen LogP contribution in [0.4, 0.5) is 11.4 Å². The second-order valence-electron chi connectivity index (χ2n) is 6.25. The zero-order valence-electron chi connectivity index (χ0n) is 16.0. The minimum Gasteiger partial charge on any atom is -0.325 e. The van der Waals surface area contributed by atoms with Gasteiger partial charge in [0.1, 0.15) is 0 Å². The highest BCUT2D eigenvalue weighted by atomic mass is 32.2. The average molecular weight is 412 g/mol. The number of non-ortho nitro benzene ring substituents is 1. The molecule has 29 heavy (non-hydrogen) atoms. The Labute approximate surface area is 171 Å². The molecule has 1 aromatic carbocycles. The number of aromatic nitrogens is 4. The van der Waals surface area contributed by atoms with E-state index in [0.29, 0.717) is 17.4 Å². The van der Waals surface area contributed by atoms with Crippen LogP contribution in [0.2, 0.25) is 0 Å². The molecule has 1 amide bonds. The van der Waals surface area contributed by atoms with E-state index in [0.717, 1.165) is 17.8 Å². The minimum absolute atomic E-state index is 0.0761. The number of anilines is 1. The Morgan fingerprint density at radius 3 is 2.72 bits per heavy atom. The third-order valence-electron chi connectivity index (χ3n) is 4.08. The normalized spacial score (nSPS) is 11.8. The third kappa shape index (κ3) is 4.96. The highest BCUT2D eigenvalue weighted by molar-refractivity contribution is 8.00. The maximum absolute atomic E-state index is 12.6. The van der Waals surface area contributed by atoms with Crippen LogP contribution in [0.3, 0.4) is 0 Å². The average Bonchev–Trinajstić information content (AvgIpc) is 3.11. The van der Waals surface area contributed by atoms with Crippen LogP contribution in [-0.2, 0) is 11.3 Å². The molecule has 0 fully saturated rings. The molecule has 10 heteroatoms. The molecule has 1 unspecified atom stereocenters. The first kappa shape index (κ1) is 20.5. The van der Waals surface area contributed by atoms with Gasteiger partial charge in [0.25, 0.3) is 5.69 Å². The molecule has 0 bridgehead atoms. The van der Waals surface area contributed by atoms with E-state index in [1.54, 1.807) is 25.4 Å². The predicted molar refractivity (Wildman–Crippen MR) is 111 cm³/mol. The fourth-order valence-electron chi connectivity index (χ4n) is 2.67. The SMILES string of the molecule is CCCn1c(SC(C)C(=O)Nc2cccc([N+](=O)[O-])c2)nnc1-c1ccncc1. The van der Waals surface area contributed by atoms with E-state index >= 15 is 0 Å². The number of hydrogen-bond donors (Lipinski definition) is 1. The fourth-order valence-corrected chi connectivity index (χ4v) is 3.54. The molecule has 0 saturated heterocycles. The number of carbonyl (C=O) groups is 1. The van der Waals surface area contributed by atoms with Gasteiger partial charge in [-0.2, -0.15) is 0 Å². The van der Waals surface area contributed by atoms with E-state index in [1.165, 1.54) is 30.0 Å². The molecule has 9 nitrogen and oxygen atoms in total. The summed E-state index contributed by atoms with van der Waals surface area (Å²) in [4.78, 5) is 27.0. The molecule has 0 radical (unpaired) electrons. The smallest absolute Gasteiger partial charge is 0.271 e. The largest absolute Gasteiger partial charge is 0.325 e. The molecule has 2 aromatic heterocycles. The molecule has 1 N–H and O–H groups in total. The molecule has 0 saturated carbocycles. The van der Waals surface area contributed by atoms with E-state index in [1.807, 2.05) is 16.7 Å². The van der Waals surface area contributed by atoms with Crippen LogP contribution in [0.25, 0.3) is 11.4 Å². The Balaban J connectivity index is 1.75. The van der Waals surface area contributed by atoms with E-state index < -0.39 is 10.2 Å². The Morgan fingerprint density at radius 2 is 2.03 bits per heavy atom. The van der Waals surface area contributed by atoms with Crippen molar-refractivity contribution >= 4 is 29.0 Å². The van der Waals surface area contributed by atoms with E-state index in [2.05, 4.69) is 27.4 Å². The summed E-state index contributed by atoms with van der Waals surface area (Å²) in [5.74, 6) is 0.454. The number of carbonyl (C=O) groups excluding carboxylic acids is 1. The molecule has 0 aliphatic rings. The lowest BCUT2D eigenvalue weighted by molar-refractivity contribution is -0.384. The number of nitrogens with one attached hydrogen (secondary N) is 1.